The van der Waals surface area contributed by atoms with E-state index in [4.69, 9.17) is 0 Å². The number of anilines is 1. The highest BCUT2D eigenvalue weighted by atomic mass is 19.1. The number of nitrogens with one attached hydrogen (secondary N) is 1. The van der Waals surface area contributed by atoms with Crippen LogP contribution in [-0.4, -0.2) is 19.1 Å². The first-order valence-electron chi connectivity index (χ1n) is 7.15. The van der Waals surface area contributed by atoms with E-state index in [1.807, 2.05) is 42.2 Å². The molecule has 0 saturated carbocycles. The molecule has 110 valence electrons. The fourth-order valence-corrected chi connectivity index (χ4v) is 2.85. The van der Waals surface area contributed by atoms with Crippen molar-refractivity contribution in [2.75, 3.05) is 18.0 Å². The summed E-state index contributed by atoms with van der Waals surface area (Å²) < 4.78 is 27.7. The third-order valence-corrected chi connectivity index (χ3v) is 3.91. The highest BCUT2D eigenvalue weighted by Gasteiger charge is 2.29. The summed E-state index contributed by atoms with van der Waals surface area (Å²) in [6, 6.07) is 13.8. The Morgan fingerprint density at radius 3 is 2.62 bits per heavy atom. The van der Waals surface area contributed by atoms with Gasteiger partial charge in [-0.25, -0.2) is 8.78 Å². The molecule has 2 unspecified atom stereocenters. The van der Waals surface area contributed by atoms with Gasteiger partial charge in [-0.1, -0.05) is 30.3 Å². The molecular formula is C17H18F2N2. The van der Waals surface area contributed by atoms with Gasteiger partial charge < -0.3 is 10.2 Å². The zero-order valence-corrected chi connectivity index (χ0v) is 11.9. The van der Waals surface area contributed by atoms with Gasteiger partial charge in [0.2, 0.25) is 0 Å². The summed E-state index contributed by atoms with van der Waals surface area (Å²) in [6.07, 6.45) is 0. The minimum Gasteiger partial charge on any atom is -0.359 e. The van der Waals surface area contributed by atoms with Crippen LogP contribution in [0.1, 0.15) is 18.5 Å². The molecule has 3 rings (SSSR count). The highest BCUT2D eigenvalue weighted by Crippen LogP contribution is 2.31. The number of piperazine rings is 1. The van der Waals surface area contributed by atoms with Gasteiger partial charge in [0.25, 0.3) is 0 Å². The summed E-state index contributed by atoms with van der Waals surface area (Å²) in [5.41, 5.74) is 1.43. The zero-order chi connectivity index (χ0) is 14.8. The smallest absolute Gasteiger partial charge is 0.146 e. The van der Waals surface area contributed by atoms with Gasteiger partial charge in [0.15, 0.2) is 0 Å². The normalized spacial score (nSPS) is 22.3. The first kappa shape index (κ1) is 14.0. The van der Waals surface area contributed by atoms with Gasteiger partial charge in [-0.05, 0) is 24.6 Å². The Kier molecular flexibility index (Phi) is 3.88. The predicted molar refractivity (Wildman–Crippen MR) is 80.4 cm³/mol. The summed E-state index contributed by atoms with van der Waals surface area (Å²) in [7, 11) is 0. The molecule has 0 aromatic heterocycles. The molecule has 0 aliphatic carbocycles. The van der Waals surface area contributed by atoms with Crippen molar-refractivity contribution in [2.24, 2.45) is 0 Å². The zero-order valence-electron chi connectivity index (χ0n) is 11.9. The molecule has 1 heterocycles. The molecule has 2 atom stereocenters. The van der Waals surface area contributed by atoms with Crippen LogP contribution in [0.25, 0.3) is 0 Å². The third kappa shape index (κ3) is 2.90. The standard InChI is InChI=1S/C17H18F2N2/c1-12-11-21(16-9-14(18)7-8-15(16)19)17(10-20-12)13-5-3-2-4-6-13/h2-9,12,17,20H,10-11H2,1H3. The predicted octanol–water partition coefficient (Wildman–Crippen LogP) is 3.50. The van der Waals surface area contributed by atoms with Crippen molar-refractivity contribution in [3.63, 3.8) is 0 Å². The highest BCUT2D eigenvalue weighted by molar-refractivity contribution is 5.51. The minimum atomic E-state index is -0.413. The molecule has 0 radical (unpaired) electrons. The van der Waals surface area contributed by atoms with Gasteiger partial charge >= 0.3 is 0 Å². The number of halogens is 2. The quantitative estimate of drug-likeness (QED) is 0.910. The molecule has 1 fully saturated rings. The summed E-state index contributed by atoms with van der Waals surface area (Å²) in [5, 5.41) is 3.41. The van der Waals surface area contributed by atoms with Crippen molar-refractivity contribution >= 4 is 5.69 Å². The van der Waals surface area contributed by atoms with Crippen LogP contribution in [0, 0.1) is 11.6 Å². The molecule has 21 heavy (non-hydrogen) atoms. The van der Waals surface area contributed by atoms with E-state index in [0.717, 1.165) is 11.6 Å². The Morgan fingerprint density at radius 1 is 1.10 bits per heavy atom. The maximum atomic E-state index is 14.1. The van der Waals surface area contributed by atoms with E-state index in [9.17, 15) is 8.78 Å². The van der Waals surface area contributed by atoms with Crippen molar-refractivity contribution in [3.8, 4) is 0 Å². The molecule has 0 amide bonds. The lowest BCUT2D eigenvalue weighted by atomic mass is 10.0. The van der Waals surface area contributed by atoms with Gasteiger partial charge in [0.05, 0.1) is 11.7 Å². The third-order valence-electron chi connectivity index (χ3n) is 3.91. The maximum absolute atomic E-state index is 14.1. The summed E-state index contributed by atoms with van der Waals surface area (Å²) >= 11 is 0. The van der Waals surface area contributed by atoms with Gasteiger partial charge in [0.1, 0.15) is 11.6 Å². The molecule has 1 N–H and O–H groups in total. The van der Waals surface area contributed by atoms with E-state index in [1.165, 1.54) is 12.1 Å². The number of rotatable bonds is 2. The van der Waals surface area contributed by atoms with Crippen LogP contribution in [0.5, 0.6) is 0 Å². The van der Waals surface area contributed by atoms with Crippen molar-refractivity contribution in [2.45, 2.75) is 19.0 Å². The fraction of sp³-hybridized carbons (Fsp3) is 0.294. The SMILES string of the molecule is CC1CN(c2cc(F)ccc2F)C(c2ccccc2)CN1. The molecule has 0 spiro atoms. The average molecular weight is 288 g/mol. The number of nitrogens with zero attached hydrogens (tertiary/aromatic N) is 1. The molecule has 0 bridgehead atoms. The topological polar surface area (TPSA) is 15.3 Å². The van der Waals surface area contributed by atoms with Crippen LogP contribution >= 0.6 is 0 Å². The van der Waals surface area contributed by atoms with E-state index in [-0.39, 0.29) is 17.9 Å². The van der Waals surface area contributed by atoms with E-state index >= 15 is 0 Å². The average Bonchev–Trinajstić information content (AvgIpc) is 2.50. The van der Waals surface area contributed by atoms with E-state index < -0.39 is 5.82 Å². The van der Waals surface area contributed by atoms with Crippen LogP contribution in [0.15, 0.2) is 48.5 Å². The number of benzene rings is 2. The Labute approximate surface area is 123 Å². The Balaban J connectivity index is 2.00. The molecular weight excluding hydrogens is 270 g/mol. The second kappa shape index (κ2) is 5.82. The Morgan fingerprint density at radius 2 is 1.86 bits per heavy atom. The van der Waals surface area contributed by atoms with Crippen molar-refractivity contribution in [3.05, 3.63) is 65.7 Å². The van der Waals surface area contributed by atoms with Gasteiger partial charge in [-0.15, -0.1) is 0 Å². The Hall–Kier alpha value is -1.94. The Bertz CT molecular complexity index is 615. The number of hydrogen-bond acceptors (Lipinski definition) is 2. The van der Waals surface area contributed by atoms with Gasteiger partial charge in [0, 0.05) is 25.2 Å². The van der Waals surface area contributed by atoms with E-state index in [2.05, 4.69) is 5.32 Å². The molecule has 1 saturated heterocycles. The van der Waals surface area contributed by atoms with Crippen molar-refractivity contribution in [1.82, 2.24) is 5.32 Å². The van der Waals surface area contributed by atoms with Crippen LogP contribution in [-0.2, 0) is 0 Å². The maximum Gasteiger partial charge on any atom is 0.146 e. The van der Waals surface area contributed by atoms with Gasteiger partial charge in [-0.2, -0.15) is 0 Å². The van der Waals surface area contributed by atoms with E-state index in [0.29, 0.717) is 18.8 Å². The van der Waals surface area contributed by atoms with Crippen molar-refractivity contribution < 1.29 is 8.78 Å². The van der Waals surface area contributed by atoms with Crippen LogP contribution < -0.4 is 10.2 Å². The lowest BCUT2D eigenvalue weighted by molar-refractivity contribution is 0.411. The largest absolute Gasteiger partial charge is 0.359 e. The molecule has 2 aromatic rings. The summed E-state index contributed by atoms with van der Waals surface area (Å²) in [4.78, 5) is 1.95. The molecule has 1 aliphatic rings. The lowest BCUT2D eigenvalue weighted by Gasteiger charge is -2.41. The van der Waals surface area contributed by atoms with Gasteiger partial charge in [-0.3, -0.25) is 0 Å². The lowest BCUT2D eigenvalue weighted by Crippen LogP contribution is -2.51. The molecule has 1 aliphatic heterocycles. The first-order valence-corrected chi connectivity index (χ1v) is 7.15. The van der Waals surface area contributed by atoms with Crippen LogP contribution in [0.4, 0.5) is 14.5 Å². The monoisotopic (exact) mass is 288 g/mol. The minimum absolute atomic E-state index is 0.00120. The second-order valence-corrected chi connectivity index (χ2v) is 5.48. The van der Waals surface area contributed by atoms with Crippen LogP contribution in [0.3, 0.4) is 0 Å². The first-order chi connectivity index (χ1) is 10.1. The molecule has 2 aromatic carbocycles. The summed E-state index contributed by atoms with van der Waals surface area (Å²) in [5.74, 6) is -0.796. The summed E-state index contributed by atoms with van der Waals surface area (Å²) in [6.45, 7) is 3.40. The van der Waals surface area contributed by atoms with Crippen LogP contribution in [0.2, 0.25) is 0 Å². The fourth-order valence-electron chi connectivity index (χ4n) is 2.85. The molecule has 4 heteroatoms. The number of hydrogen-bond donors (Lipinski definition) is 1. The van der Waals surface area contributed by atoms with E-state index in [1.54, 1.807) is 0 Å². The molecule has 2 nitrogen and oxygen atoms in total. The van der Waals surface area contributed by atoms with Crippen molar-refractivity contribution in [1.29, 1.82) is 0 Å². The second-order valence-electron chi connectivity index (χ2n) is 5.48.